The molecule has 0 radical (unpaired) electrons. The molecule has 1 aromatic rings. The van der Waals surface area contributed by atoms with E-state index in [1.807, 2.05) is 12.1 Å². The average molecular weight is 189 g/mol. The minimum Gasteiger partial charge on any atom is -0.481 e. The Morgan fingerprint density at radius 2 is 2.21 bits per heavy atom. The molecule has 0 heterocycles. The first-order valence-electron chi connectivity index (χ1n) is 4.36. The number of carboxylic acid groups (broad SMARTS) is 1. The lowest BCUT2D eigenvalue weighted by Crippen LogP contribution is -2.12. The highest BCUT2D eigenvalue weighted by Gasteiger charge is 2.13. The van der Waals surface area contributed by atoms with Crippen molar-refractivity contribution in [2.45, 2.75) is 13.3 Å². The van der Waals surface area contributed by atoms with E-state index in [1.54, 1.807) is 25.1 Å². The van der Waals surface area contributed by atoms with Gasteiger partial charge in [0.1, 0.15) is 0 Å². The van der Waals surface area contributed by atoms with Crippen molar-refractivity contribution >= 4 is 5.97 Å². The highest BCUT2D eigenvalue weighted by atomic mass is 16.4. The largest absolute Gasteiger partial charge is 0.481 e. The predicted octanol–water partition coefficient (Wildman–Crippen LogP) is 1.82. The smallest absolute Gasteiger partial charge is 0.306 e. The Morgan fingerprint density at radius 3 is 2.79 bits per heavy atom. The molecule has 0 aliphatic rings. The minimum atomic E-state index is -0.835. The van der Waals surface area contributed by atoms with E-state index in [1.165, 1.54) is 0 Å². The first kappa shape index (κ1) is 10.3. The molecule has 0 fully saturated rings. The lowest BCUT2D eigenvalue weighted by molar-refractivity contribution is -0.141. The van der Waals surface area contributed by atoms with Crippen molar-refractivity contribution in [2.75, 3.05) is 0 Å². The van der Waals surface area contributed by atoms with Crippen molar-refractivity contribution in [2.24, 2.45) is 5.92 Å². The highest BCUT2D eigenvalue weighted by Crippen LogP contribution is 2.13. The maximum absolute atomic E-state index is 10.6. The van der Waals surface area contributed by atoms with Gasteiger partial charge < -0.3 is 5.11 Å². The van der Waals surface area contributed by atoms with Gasteiger partial charge in [-0.05, 0) is 18.1 Å². The molecule has 1 rings (SSSR count). The zero-order chi connectivity index (χ0) is 10.6. The van der Waals surface area contributed by atoms with Gasteiger partial charge in [-0.15, -0.1) is 0 Å². The van der Waals surface area contributed by atoms with E-state index < -0.39 is 11.9 Å². The monoisotopic (exact) mass is 189 g/mol. The van der Waals surface area contributed by atoms with Gasteiger partial charge in [0.2, 0.25) is 0 Å². The fourth-order valence-electron chi connectivity index (χ4n) is 1.22. The van der Waals surface area contributed by atoms with E-state index in [2.05, 4.69) is 0 Å². The molecule has 3 nitrogen and oxygen atoms in total. The van der Waals surface area contributed by atoms with Crippen molar-refractivity contribution in [3.8, 4) is 6.07 Å². The molecule has 14 heavy (non-hydrogen) atoms. The van der Waals surface area contributed by atoms with E-state index in [4.69, 9.17) is 10.4 Å². The van der Waals surface area contributed by atoms with E-state index in [0.29, 0.717) is 12.0 Å². The van der Waals surface area contributed by atoms with Crippen molar-refractivity contribution in [3.05, 3.63) is 35.4 Å². The Bertz CT molecular complexity index is 379. The van der Waals surface area contributed by atoms with Gasteiger partial charge in [0.25, 0.3) is 0 Å². The molecule has 72 valence electrons. The van der Waals surface area contributed by atoms with Gasteiger partial charge in [-0.3, -0.25) is 4.79 Å². The van der Waals surface area contributed by atoms with Gasteiger partial charge in [-0.25, -0.2) is 0 Å². The van der Waals surface area contributed by atoms with E-state index >= 15 is 0 Å². The predicted molar refractivity (Wildman–Crippen MR) is 51.7 cm³/mol. The van der Waals surface area contributed by atoms with Crippen LogP contribution in [0, 0.1) is 17.2 Å². The SMILES string of the molecule is CC(Cc1ccccc1C#N)C(=O)O. The van der Waals surface area contributed by atoms with Crippen LogP contribution >= 0.6 is 0 Å². The van der Waals surface area contributed by atoms with Gasteiger partial charge in [0.05, 0.1) is 17.6 Å². The molecule has 0 aliphatic carbocycles. The Hall–Kier alpha value is -1.82. The van der Waals surface area contributed by atoms with Gasteiger partial charge in [0.15, 0.2) is 0 Å². The number of nitrogens with zero attached hydrogens (tertiary/aromatic N) is 1. The van der Waals surface area contributed by atoms with E-state index in [-0.39, 0.29) is 0 Å². The molecule has 0 saturated heterocycles. The Balaban J connectivity index is 2.87. The molecular formula is C11H11NO2. The molecule has 0 aromatic heterocycles. The minimum absolute atomic E-state index is 0.402. The molecule has 1 aromatic carbocycles. The fourth-order valence-corrected chi connectivity index (χ4v) is 1.22. The molecule has 0 saturated carbocycles. The fraction of sp³-hybridized carbons (Fsp3) is 0.273. The van der Waals surface area contributed by atoms with Crippen LogP contribution in [0.25, 0.3) is 0 Å². The molecule has 0 amide bonds. The third-order valence-electron chi connectivity index (χ3n) is 2.09. The van der Waals surface area contributed by atoms with E-state index in [0.717, 1.165) is 5.56 Å². The summed E-state index contributed by atoms with van der Waals surface area (Å²) in [6, 6.07) is 9.12. The molecular weight excluding hydrogens is 178 g/mol. The second-order valence-electron chi connectivity index (χ2n) is 3.21. The van der Waals surface area contributed by atoms with Gasteiger partial charge in [-0.1, -0.05) is 25.1 Å². The van der Waals surface area contributed by atoms with Crippen molar-refractivity contribution < 1.29 is 9.90 Å². The van der Waals surface area contributed by atoms with Crippen molar-refractivity contribution in [1.82, 2.24) is 0 Å². The molecule has 1 atom stereocenters. The van der Waals surface area contributed by atoms with Crippen LogP contribution in [-0.4, -0.2) is 11.1 Å². The van der Waals surface area contributed by atoms with Crippen LogP contribution < -0.4 is 0 Å². The number of benzene rings is 1. The summed E-state index contributed by atoms with van der Waals surface area (Å²) in [6.45, 7) is 1.64. The highest BCUT2D eigenvalue weighted by molar-refractivity contribution is 5.70. The average Bonchev–Trinajstić information content (AvgIpc) is 2.18. The number of aliphatic carboxylic acids is 1. The number of rotatable bonds is 3. The summed E-state index contributed by atoms with van der Waals surface area (Å²) in [6.07, 6.45) is 0.402. The molecule has 1 N–H and O–H groups in total. The first-order chi connectivity index (χ1) is 6.65. The van der Waals surface area contributed by atoms with Gasteiger partial charge >= 0.3 is 5.97 Å². The summed E-state index contributed by atoms with van der Waals surface area (Å²) in [5, 5.41) is 17.5. The van der Waals surface area contributed by atoms with Crippen LogP contribution in [0.2, 0.25) is 0 Å². The second kappa shape index (κ2) is 4.43. The summed E-state index contributed by atoms with van der Waals surface area (Å²) in [5.41, 5.74) is 1.35. The van der Waals surface area contributed by atoms with Crippen LogP contribution in [0.3, 0.4) is 0 Å². The van der Waals surface area contributed by atoms with Gasteiger partial charge in [0, 0.05) is 0 Å². The van der Waals surface area contributed by atoms with Crippen LogP contribution in [-0.2, 0) is 11.2 Å². The molecule has 0 bridgehead atoms. The topological polar surface area (TPSA) is 61.1 Å². The second-order valence-corrected chi connectivity index (χ2v) is 3.21. The van der Waals surface area contributed by atoms with Crippen LogP contribution in [0.4, 0.5) is 0 Å². The summed E-state index contributed by atoms with van der Waals surface area (Å²) in [7, 11) is 0. The van der Waals surface area contributed by atoms with Crippen LogP contribution in [0.15, 0.2) is 24.3 Å². The molecule has 0 spiro atoms. The molecule has 3 heteroatoms. The lowest BCUT2D eigenvalue weighted by Gasteiger charge is -2.06. The molecule has 1 unspecified atom stereocenters. The molecule has 0 aliphatic heterocycles. The summed E-state index contributed by atoms with van der Waals surface area (Å²) in [4.78, 5) is 10.6. The van der Waals surface area contributed by atoms with Gasteiger partial charge in [-0.2, -0.15) is 5.26 Å². The zero-order valence-corrected chi connectivity index (χ0v) is 7.90. The maximum Gasteiger partial charge on any atom is 0.306 e. The summed E-state index contributed by atoms with van der Waals surface area (Å²) < 4.78 is 0. The normalized spacial score (nSPS) is 11.7. The number of hydrogen-bond acceptors (Lipinski definition) is 2. The van der Waals surface area contributed by atoms with Crippen molar-refractivity contribution in [3.63, 3.8) is 0 Å². The third kappa shape index (κ3) is 2.33. The summed E-state index contributed by atoms with van der Waals surface area (Å²) in [5.74, 6) is -1.29. The Kier molecular flexibility index (Phi) is 3.24. The Morgan fingerprint density at radius 1 is 1.57 bits per heavy atom. The number of nitriles is 1. The van der Waals surface area contributed by atoms with Crippen LogP contribution in [0.1, 0.15) is 18.1 Å². The summed E-state index contributed by atoms with van der Waals surface area (Å²) >= 11 is 0. The van der Waals surface area contributed by atoms with Crippen LogP contribution in [0.5, 0.6) is 0 Å². The quantitative estimate of drug-likeness (QED) is 0.788. The lowest BCUT2D eigenvalue weighted by atomic mass is 9.97. The first-order valence-corrected chi connectivity index (χ1v) is 4.36. The number of carbonyl (C=O) groups is 1. The van der Waals surface area contributed by atoms with Crippen molar-refractivity contribution in [1.29, 1.82) is 5.26 Å². The zero-order valence-electron chi connectivity index (χ0n) is 7.90. The number of carboxylic acids is 1. The third-order valence-corrected chi connectivity index (χ3v) is 2.09. The standard InChI is InChI=1S/C11H11NO2/c1-8(11(13)14)6-9-4-2-3-5-10(9)7-12/h2-5,8H,6H2,1H3,(H,13,14). The van der Waals surface area contributed by atoms with E-state index in [9.17, 15) is 4.79 Å². The maximum atomic E-state index is 10.6. The number of hydrogen-bond donors (Lipinski definition) is 1. The Labute approximate surface area is 82.6 Å².